The summed E-state index contributed by atoms with van der Waals surface area (Å²) in [7, 11) is 0. The number of furan rings is 1. The van der Waals surface area contributed by atoms with E-state index in [0.29, 0.717) is 39.1 Å². The van der Waals surface area contributed by atoms with E-state index in [-0.39, 0.29) is 40.8 Å². The molecule has 0 amide bonds. The van der Waals surface area contributed by atoms with Gasteiger partial charge in [0.25, 0.3) is 0 Å². The van der Waals surface area contributed by atoms with Crippen molar-refractivity contribution in [3.8, 4) is 44.8 Å². The number of fused-ring (bicyclic) bond motifs is 9. The highest BCUT2D eigenvalue weighted by Gasteiger charge is 2.37. The Morgan fingerprint density at radius 3 is 2.07 bits per heavy atom. The predicted octanol–water partition coefficient (Wildman–Crippen LogP) is 15.7. The number of aromatic nitrogens is 1. The van der Waals surface area contributed by atoms with Crippen LogP contribution < -0.4 is 4.90 Å². The predicted molar refractivity (Wildman–Crippen MR) is 247 cm³/mol. The fourth-order valence-corrected chi connectivity index (χ4v) is 9.34. The summed E-state index contributed by atoms with van der Waals surface area (Å²) < 4.78 is 52.9. The standard InChI is InChI=1S/C56H38N2O2/c1-56(2)45-23-12-11-21-43(45)51-46(56)24-14-25-47(51)58(39-18-7-4-8-19-39)40-30-27-36(28-31-40)44-33-38(34-50-53(44)52-41-20-10-9-15-35(41)29-32-48(52)59-50)42-22-13-26-49-54(42)57-55(60-49)37-16-5-3-6-17-37/h3-34H,1-2H3/i27D,28D,30D,31D. The van der Waals surface area contributed by atoms with E-state index in [4.69, 9.17) is 13.8 Å². The van der Waals surface area contributed by atoms with Crippen LogP contribution in [-0.4, -0.2) is 4.98 Å². The second-order valence-electron chi connectivity index (χ2n) is 16.0. The number of hydrogen-bond donors (Lipinski definition) is 0. The van der Waals surface area contributed by atoms with Gasteiger partial charge in [-0.2, -0.15) is 0 Å². The highest BCUT2D eigenvalue weighted by atomic mass is 16.3. The van der Waals surface area contributed by atoms with Crippen LogP contribution in [0.4, 0.5) is 17.1 Å². The molecule has 2 heterocycles. The lowest BCUT2D eigenvalue weighted by atomic mass is 9.82. The van der Waals surface area contributed by atoms with E-state index in [1.807, 2.05) is 138 Å². The van der Waals surface area contributed by atoms with Gasteiger partial charge in [-0.1, -0.05) is 141 Å². The number of anilines is 3. The van der Waals surface area contributed by atoms with E-state index in [1.54, 1.807) is 0 Å². The first-order valence-corrected chi connectivity index (χ1v) is 20.2. The minimum Gasteiger partial charge on any atom is -0.456 e. The maximum atomic E-state index is 9.99. The zero-order valence-electron chi connectivity index (χ0n) is 36.9. The van der Waals surface area contributed by atoms with Gasteiger partial charge in [-0.25, -0.2) is 4.98 Å². The monoisotopic (exact) mass is 774 g/mol. The second-order valence-corrected chi connectivity index (χ2v) is 16.0. The molecule has 60 heavy (non-hydrogen) atoms. The summed E-state index contributed by atoms with van der Waals surface area (Å²) in [5, 5.41) is 3.53. The van der Waals surface area contributed by atoms with Gasteiger partial charge in [0.05, 0.1) is 11.2 Å². The molecule has 284 valence electrons. The highest BCUT2D eigenvalue weighted by molar-refractivity contribution is 6.23. The molecule has 1 aliphatic carbocycles. The van der Waals surface area contributed by atoms with E-state index >= 15 is 0 Å². The van der Waals surface area contributed by atoms with Crippen LogP contribution in [0.5, 0.6) is 0 Å². The van der Waals surface area contributed by atoms with Crippen molar-refractivity contribution in [3.05, 3.63) is 205 Å². The molecule has 0 spiro atoms. The summed E-state index contributed by atoms with van der Waals surface area (Å²) in [5.41, 5.74) is 11.3. The summed E-state index contributed by atoms with van der Waals surface area (Å²) in [6.07, 6.45) is 0. The average molecular weight is 775 g/mol. The van der Waals surface area contributed by atoms with Crippen molar-refractivity contribution < 1.29 is 14.3 Å². The van der Waals surface area contributed by atoms with Gasteiger partial charge in [0, 0.05) is 44.3 Å². The molecule has 0 radical (unpaired) electrons. The SMILES string of the molecule is [2H]c1c([2H])c(N(c2ccccc2)c2cccc3c2-c2ccccc2C3(C)C)c([2H])c([2H])c1-c1cc(-c2cccc3oc(-c4ccccc4)nc23)cc2oc3ccc4ccccc4c3c12. The Morgan fingerprint density at radius 1 is 0.500 bits per heavy atom. The Hall–Kier alpha value is -7.69. The van der Waals surface area contributed by atoms with Gasteiger partial charge in [-0.05, 0) is 111 Å². The van der Waals surface area contributed by atoms with Crippen LogP contribution in [0.25, 0.3) is 88.6 Å². The molecule has 0 saturated heterocycles. The minimum absolute atomic E-state index is 0.162. The molecule has 0 fully saturated rings. The van der Waals surface area contributed by atoms with E-state index < -0.39 is 0 Å². The van der Waals surface area contributed by atoms with Crippen LogP contribution in [0.2, 0.25) is 0 Å². The van der Waals surface area contributed by atoms with Gasteiger partial charge < -0.3 is 13.7 Å². The molecule has 2 aromatic heterocycles. The molecular formula is C56H38N2O2. The van der Waals surface area contributed by atoms with Crippen LogP contribution in [0.3, 0.4) is 0 Å². The third kappa shape index (κ3) is 5.20. The maximum absolute atomic E-state index is 9.99. The highest BCUT2D eigenvalue weighted by Crippen LogP contribution is 2.54. The van der Waals surface area contributed by atoms with Gasteiger partial charge in [-0.3, -0.25) is 0 Å². The van der Waals surface area contributed by atoms with Crippen LogP contribution in [0.15, 0.2) is 203 Å². The van der Waals surface area contributed by atoms with E-state index in [9.17, 15) is 5.48 Å². The molecular weight excluding hydrogens is 733 g/mol. The molecule has 0 saturated carbocycles. The summed E-state index contributed by atoms with van der Waals surface area (Å²) >= 11 is 0. The number of nitrogens with zero attached hydrogens (tertiary/aromatic N) is 2. The summed E-state index contributed by atoms with van der Waals surface area (Å²) in [5.74, 6) is 0.494. The first kappa shape index (κ1) is 30.4. The second kappa shape index (κ2) is 13.2. The van der Waals surface area contributed by atoms with Crippen molar-refractivity contribution in [1.29, 1.82) is 0 Å². The number of hydrogen-bond acceptors (Lipinski definition) is 4. The van der Waals surface area contributed by atoms with E-state index in [1.165, 1.54) is 5.56 Å². The van der Waals surface area contributed by atoms with E-state index in [0.717, 1.165) is 60.9 Å². The Bertz CT molecular complexity index is 3680. The van der Waals surface area contributed by atoms with Crippen molar-refractivity contribution in [1.82, 2.24) is 4.98 Å². The number of oxazole rings is 1. The number of rotatable bonds is 6. The van der Waals surface area contributed by atoms with Crippen LogP contribution in [0, 0.1) is 0 Å². The van der Waals surface area contributed by atoms with Gasteiger partial charge in [0.1, 0.15) is 16.7 Å². The lowest BCUT2D eigenvalue weighted by Gasteiger charge is -2.29. The summed E-state index contributed by atoms with van der Waals surface area (Å²) in [6, 6.07) is 55.3. The van der Waals surface area contributed by atoms with Crippen LogP contribution >= 0.6 is 0 Å². The molecule has 9 aromatic carbocycles. The van der Waals surface area contributed by atoms with Crippen LogP contribution in [-0.2, 0) is 5.41 Å². The van der Waals surface area contributed by atoms with Gasteiger partial charge in [0.2, 0.25) is 5.89 Å². The third-order valence-electron chi connectivity index (χ3n) is 12.2. The van der Waals surface area contributed by atoms with Crippen molar-refractivity contribution in [2.24, 2.45) is 0 Å². The smallest absolute Gasteiger partial charge is 0.227 e. The molecule has 0 N–H and O–H groups in total. The van der Waals surface area contributed by atoms with Crippen molar-refractivity contribution >= 4 is 60.9 Å². The molecule has 12 rings (SSSR count). The molecule has 4 nitrogen and oxygen atoms in total. The number of para-hydroxylation sites is 2. The first-order valence-electron chi connectivity index (χ1n) is 22.2. The lowest BCUT2D eigenvalue weighted by molar-refractivity contribution is 0.620. The fourth-order valence-electron chi connectivity index (χ4n) is 9.34. The fraction of sp³-hybridized carbons (Fsp3) is 0.0536. The van der Waals surface area contributed by atoms with Crippen molar-refractivity contribution in [2.45, 2.75) is 19.3 Å². The van der Waals surface area contributed by atoms with Crippen LogP contribution in [0.1, 0.15) is 30.5 Å². The first-order chi connectivity index (χ1) is 31.2. The molecule has 0 bridgehead atoms. The van der Waals surface area contributed by atoms with Crippen molar-refractivity contribution in [2.75, 3.05) is 4.90 Å². The Kier molecular flexibility index (Phi) is 6.67. The molecule has 0 aliphatic heterocycles. The summed E-state index contributed by atoms with van der Waals surface area (Å²) in [4.78, 5) is 6.89. The lowest BCUT2D eigenvalue weighted by Crippen LogP contribution is -2.16. The third-order valence-corrected chi connectivity index (χ3v) is 12.2. The largest absolute Gasteiger partial charge is 0.456 e. The van der Waals surface area contributed by atoms with Gasteiger partial charge in [-0.15, -0.1) is 0 Å². The van der Waals surface area contributed by atoms with Crippen molar-refractivity contribution in [3.63, 3.8) is 0 Å². The average Bonchev–Trinajstić information content (AvgIpc) is 4.01. The Morgan fingerprint density at radius 2 is 1.22 bits per heavy atom. The zero-order valence-corrected chi connectivity index (χ0v) is 32.9. The maximum Gasteiger partial charge on any atom is 0.227 e. The Balaban J connectivity index is 1.14. The Labute approximate surface area is 353 Å². The quantitative estimate of drug-likeness (QED) is 0.169. The normalized spacial score (nSPS) is 13.9. The minimum atomic E-state index is -0.295. The topological polar surface area (TPSA) is 42.4 Å². The molecule has 11 aromatic rings. The zero-order chi connectivity index (χ0) is 43.4. The van der Waals surface area contributed by atoms with Gasteiger partial charge >= 0.3 is 0 Å². The molecule has 0 atom stereocenters. The molecule has 1 aliphatic rings. The summed E-state index contributed by atoms with van der Waals surface area (Å²) in [6.45, 7) is 4.45. The van der Waals surface area contributed by atoms with Gasteiger partial charge in [0.15, 0.2) is 5.58 Å². The van der Waals surface area contributed by atoms with E-state index in [2.05, 4.69) is 50.2 Å². The number of benzene rings is 9. The molecule has 4 heteroatoms. The molecule has 0 unspecified atom stereocenters.